The highest BCUT2D eigenvalue weighted by Gasteiger charge is 2.06. The van der Waals surface area contributed by atoms with E-state index in [2.05, 4.69) is 52.4 Å². The van der Waals surface area contributed by atoms with Crippen molar-refractivity contribution in [1.29, 1.82) is 0 Å². The van der Waals surface area contributed by atoms with Gasteiger partial charge in [0.1, 0.15) is 0 Å². The van der Waals surface area contributed by atoms with Gasteiger partial charge in [-0.2, -0.15) is 0 Å². The quantitative estimate of drug-likeness (QED) is 0.892. The Balaban J connectivity index is 2.05. The standard InChI is InChI=1S/C15H20N4/c1-12(16-2)15-7-6-14(10-18-15)19(3)11-13-5-4-8-17-9-13/h4-10,12,16H,11H2,1-3H3. The van der Waals surface area contributed by atoms with Gasteiger partial charge in [-0.1, -0.05) is 6.07 Å². The Kier molecular flexibility index (Phi) is 4.47. The van der Waals surface area contributed by atoms with Crippen molar-refractivity contribution >= 4 is 5.69 Å². The molecule has 0 aliphatic carbocycles. The molecule has 0 aromatic carbocycles. The van der Waals surface area contributed by atoms with Gasteiger partial charge in [0.2, 0.25) is 0 Å². The molecule has 0 aliphatic rings. The van der Waals surface area contributed by atoms with Crippen molar-refractivity contribution < 1.29 is 0 Å². The summed E-state index contributed by atoms with van der Waals surface area (Å²) < 4.78 is 0. The fraction of sp³-hybridized carbons (Fsp3) is 0.333. The van der Waals surface area contributed by atoms with Gasteiger partial charge in [0.15, 0.2) is 0 Å². The van der Waals surface area contributed by atoms with Gasteiger partial charge in [0.25, 0.3) is 0 Å². The lowest BCUT2D eigenvalue weighted by Crippen LogP contribution is -2.18. The van der Waals surface area contributed by atoms with Crippen molar-refractivity contribution in [1.82, 2.24) is 15.3 Å². The number of anilines is 1. The third-order valence-electron chi connectivity index (χ3n) is 3.23. The molecule has 0 saturated carbocycles. The molecule has 1 atom stereocenters. The molecule has 2 aromatic heterocycles. The Hall–Kier alpha value is -1.94. The van der Waals surface area contributed by atoms with Crippen LogP contribution in [0.2, 0.25) is 0 Å². The molecule has 0 bridgehead atoms. The van der Waals surface area contributed by atoms with Gasteiger partial charge in [-0.25, -0.2) is 0 Å². The second-order valence-electron chi connectivity index (χ2n) is 4.67. The van der Waals surface area contributed by atoms with Gasteiger partial charge in [0, 0.05) is 32.0 Å². The van der Waals surface area contributed by atoms with E-state index in [9.17, 15) is 0 Å². The number of pyridine rings is 2. The lowest BCUT2D eigenvalue weighted by atomic mass is 10.2. The molecule has 2 aromatic rings. The topological polar surface area (TPSA) is 41.0 Å². The lowest BCUT2D eigenvalue weighted by Gasteiger charge is -2.19. The smallest absolute Gasteiger partial charge is 0.0571 e. The minimum Gasteiger partial charge on any atom is -0.369 e. The zero-order chi connectivity index (χ0) is 13.7. The molecule has 4 heteroatoms. The summed E-state index contributed by atoms with van der Waals surface area (Å²) in [4.78, 5) is 10.8. The second-order valence-corrected chi connectivity index (χ2v) is 4.67. The van der Waals surface area contributed by atoms with Crippen LogP contribution < -0.4 is 10.2 Å². The van der Waals surface area contributed by atoms with Crippen molar-refractivity contribution in [2.45, 2.75) is 19.5 Å². The van der Waals surface area contributed by atoms with E-state index in [1.165, 1.54) is 5.56 Å². The van der Waals surface area contributed by atoms with Gasteiger partial charge in [-0.3, -0.25) is 9.97 Å². The summed E-state index contributed by atoms with van der Waals surface area (Å²) in [5, 5.41) is 3.19. The highest BCUT2D eigenvalue weighted by molar-refractivity contribution is 5.44. The maximum Gasteiger partial charge on any atom is 0.0571 e. The van der Waals surface area contributed by atoms with E-state index in [-0.39, 0.29) is 6.04 Å². The fourth-order valence-electron chi connectivity index (χ4n) is 1.88. The molecule has 4 nitrogen and oxygen atoms in total. The number of nitrogens with one attached hydrogen (secondary N) is 1. The lowest BCUT2D eigenvalue weighted by molar-refractivity contribution is 0.632. The Morgan fingerprint density at radius 3 is 2.68 bits per heavy atom. The highest BCUT2D eigenvalue weighted by Crippen LogP contribution is 2.16. The van der Waals surface area contributed by atoms with E-state index in [0.29, 0.717) is 0 Å². The zero-order valence-corrected chi connectivity index (χ0v) is 11.7. The van der Waals surface area contributed by atoms with Crippen molar-refractivity contribution in [3.8, 4) is 0 Å². The monoisotopic (exact) mass is 256 g/mol. The average molecular weight is 256 g/mol. The molecule has 100 valence electrons. The van der Waals surface area contributed by atoms with Crippen LogP contribution in [0.15, 0.2) is 42.9 Å². The fourth-order valence-corrected chi connectivity index (χ4v) is 1.88. The molecule has 2 heterocycles. The first kappa shape index (κ1) is 13.5. The van der Waals surface area contributed by atoms with Gasteiger partial charge in [-0.05, 0) is 37.7 Å². The predicted molar refractivity (Wildman–Crippen MR) is 78.1 cm³/mol. The highest BCUT2D eigenvalue weighted by atomic mass is 15.1. The van der Waals surface area contributed by atoms with Crippen LogP contribution in [-0.2, 0) is 6.54 Å². The average Bonchev–Trinajstić information content (AvgIpc) is 2.47. The molecular formula is C15H20N4. The normalized spacial score (nSPS) is 12.2. The van der Waals surface area contributed by atoms with Gasteiger partial charge < -0.3 is 10.2 Å². The minimum atomic E-state index is 0.276. The first-order valence-corrected chi connectivity index (χ1v) is 6.44. The first-order valence-electron chi connectivity index (χ1n) is 6.44. The van der Waals surface area contributed by atoms with E-state index in [4.69, 9.17) is 0 Å². The van der Waals surface area contributed by atoms with Crippen LogP contribution in [0.3, 0.4) is 0 Å². The van der Waals surface area contributed by atoms with Crippen LogP contribution in [0.5, 0.6) is 0 Å². The van der Waals surface area contributed by atoms with Crippen molar-refractivity contribution in [2.24, 2.45) is 0 Å². The summed E-state index contributed by atoms with van der Waals surface area (Å²) in [5.74, 6) is 0. The number of aromatic nitrogens is 2. The maximum absolute atomic E-state index is 4.49. The molecular weight excluding hydrogens is 236 g/mol. The van der Waals surface area contributed by atoms with Crippen LogP contribution in [0.4, 0.5) is 5.69 Å². The van der Waals surface area contributed by atoms with E-state index < -0.39 is 0 Å². The van der Waals surface area contributed by atoms with Crippen molar-refractivity contribution in [2.75, 3.05) is 19.0 Å². The molecule has 0 amide bonds. The SMILES string of the molecule is CNC(C)c1ccc(N(C)Cc2cccnc2)cn1. The Morgan fingerprint density at radius 1 is 1.26 bits per heavy atom. The summed E-state index contributed by atoms with van der Waals surface area (Å²) in [6.45, 7) is 2.93. The van der Waals surface area contributed by atoms with Crippen molar-refractivity contribution in [3.63, 3.8) is 0 Å². The summed E-state index contributed by atoms with van der Waals surface area (Å²) in [6, 6.07) is 8.48. The zero-order valence-electron chi connectivity index (χ0n) is 11.7. The molecule has 19 heavy (non-hydrogen) atoms. The third kappa shape index (κ3) is 3.51. The Bertz CT molecular complexity index is 495. The molecule has 0 saturated heterocycles. The van der Waals surface area contributed by atoms with Crippen LogP contribution >= 0.6 is 0 Å². The molecule has 1 unspecified atom stereocenters. The van der Waals surface area contributed by atoms with Crippen LogP contribution in [0.25, 0.3) is 0 Å². The molecule has 2 rings (SSSR count). The van der Waals surface area contributed by atoms with E-state index in [0.717, 1.165) is 17.9 Å². The molecule has 1 N–H and O–H groups in total. The third-order valence-corrected chi connectivity index (χ3v) is 3.23. The summed E-state index contributed by atoms with van der Waals surface area (Å²) in [6.07, 6.45) is 5.60. The summed E-state index contributed by atoms with van der Waals surface area (Å²) >= 11 is 0. The van der Waals surface area contributed by atoms with E-state index >= 15 is 0 Å². The summed E-state index contributed by atoms with van der Waals surface area (Å²) in [7, 11) is 4.00. The molecule has 0 spiro atoms. The Morgan fingerprint density at radius 2 is 2.11 bits per heavy atom. The first-order chi connectivity index (χ1) is 9.20. The predicted octanol–water partition coefficient (Wildman–Crippen LogP) is 2.39. The summed E-state index contributed by atoms with van der Waals surface area (Å²) in [5.41, 5.74) is 3.36. The van der Waals surface area contributed by atoms with E-state index in [1.807, 2.05) is 25.5 Å². The number of hydrogen-bond acceptors (Lipinski definition) is 4. The maximum atomic E-state index is 4.49. The van der Waals surface area contributed by atoms with Crippen LogP contribution in [0, 0.1) is 0 Å². The molecule has 0 aliphatic heterocycles. The number of nitrogens with zero attached hydrogens (tertiary/aromatic N) is 3. The van der Waals surface area contributed by atoms with E-state index in [1.54, 1.807) is 6.20 Å². The van der Waals surface area contributed by atoms with Gasteiger partial charge >= 0.3 is 0 Å². The molecule has 0 radical (unpaired) electrons. The Labute approximate surface area is 114 Å². The minimum absolute atomic E-state index is 0.276. The number of hydrogen-bond donors (Lipinski definition) is 1. The van der Waals surface area contributed by atoms with Crippen LogP contribution in [-0.4, -0.2) is 24.1 Å². The van der Waals surface area contributed by atoms with Crippen LogP contribution in [0.1, 0.15) is 24.2 Å². The molecule has 0 fully saturated rings. The van der Waals surface area contributed by atoms with Gasteiger partial charge in [0.05, 0.1) is 17.6 Å². The van der Waals surface area contributed by atoms with Crippen molar-refractivity contribution in [3.05, 3.63) is 54.1 Å². The largest absolute Gasteiger partial charge is 0.369 e. The number of rotatable bonds is 5. The van der Waals surface area contributed by atoms with Gasteiger partial charge in [-0.15, -0.1) is 0 Å². The second kappa shape index (κ2) is 6.29.